The van der Waals surface area contributed by atoms with Crippen molar-refractivity contribution < 1.29 is 40.6 Å². The quantitative estimate of drug-likeness (QED) is 0.241. The van der Waals surface area contributed by atoms with Crippen LogP contribution in [0.1, 0.15) is 29.3 Å². The molecule has 238 valence electrons. The maximum atomic E-state index is 14.2. The first-order chi connectivity index (χ1) is 20.7. The van der Waals surface area contributed by atoms with Gasteiger partial charge in [-0.25, -0.2) is 17.8 Å². The zero-order valence-corrected chi connectivity index (χ0v) is 25.1. The van der Waals surface area contributed by atoms with E-state index in [4.69, 9.17) is 4.74 Å². The second-order valence-electron chi connectivity index (χ2n) is 10.7. The Morgan fingerprint density at radius 1 is 1.25 bits per heavy atom. The molecule has 1 saturated heterocycles. The van der Waals surface area contributed by atoms with Gasteiger partial charge in [0.1, 0.15) is 28.5 Å². The molecule has 0 bridgehead atoms. The fourth-order valence-electron chi connectivity index (χ4n) is 5.18. The predicted octanol–water partition coefficient (Wildman–Crippen LogP) is 3.05. The van der Waals surface area contributed by atoms with Crippen molar-refractivity contribution in [3.8, 4) is 17.6 Å². The fraction of sp³-hybridized carbons (Fsp3) is 0.448. The molecule has 0 radical (unpaired) electrons. The van der Waals surface area contributed by atoms with Crippen LogP contribution < -0.4 is 15.4 Å². The van der Waals surface area contributed by atoms with Gasteiger partial charge in [-0.1, -0.05) is 18.8 Å². The smallest absolute Gasteiger partial charge is 0.406 e. The summed E-state index contributed by atoms with van der Waals surface area (Å²) in [5.41, 5.74) is 0.675. The van der Waals surface area contributed by atoms with Gasteiger partial charge in [0.25, 0.3) is 5.91 Å². The van der Waals surface area contributed by atoms with Crippen molar-refractivity contribution in [2.24, 2.45) is 5.92 Å². The Hall–Kier alpha value is -3.87. The number of aromatic nitrogens is 2. The average Bonchev–Trinajstić information content (AvgIpc) is 3.32. The van der Waals surface area contributed by atoms with Crippen LogP contribution in [-0.4, -0.2) is 92.3 Å². The first kappa shape index (κ1) is 33.0. The van der Waals surface area contributed by atoms with Gasteiger partial charge in [-0.15, -0.1) is 0 Å². The lowest BCUT2D eigenvalue weighted by molar-refractivity contribution is -0.139. The van der Waals surface area contributed by atoms with Gasteiger partial charge in [0.2, 0.25) is 0 Å². The van der Waals surface area contributed by atoms with Gasteiger partial charge in [0, 0.05) is 43.6 Å². The number of piperidine rings is 1. The summed E-state index contributed by atoms with van der Waals surface area (Å²) in [6.45, 7) is 2.51. The minimum absolute atomic E-state index is 0.0325. The number of aliphatic hydroxyl groups is 1. The number of methoxy groups -OCH3 is 1. The third kappa shape index (κ3) is 7.99. The number of likely N-dealkylation sites (tertiary alicyclic amines) is 1. The highest BCUT2D eigenvalue weighted by molar-refractivity contribution is 7.90. The zero-order valence-electron chi connectivity index (χ0n) is 24.3. The normalized spacial score (nSPS) is 17.6. The minimum atomic E-state index is -4.53. The number of rotatable bonds is 9. The number of carbonyl (C=O) groups excluding carboxylic acids is 1. The molecule has 4 rings (SSSR count). The first-order valence-corrected chi connectivity index (χ1v) is 15.6. The van der Waals surface area contributed by atoms with Crippen LogP contribution in [0.4, 0.5) is 23.2 Å². The lowest BCUT2D eigenvalue weighted by atomic mass is 9.93. The molecule has 0 aliphatic carbocycles. The van der Waals surface area contributed by atoms with E-state index in [1.807, 2.05) is 6.92 Å². The number of nitrogens with zero attached hydrogens (tertiary/aromatic N) is 3. The average molecular weight is 640 g/mol. The van der Waals surface area contributed by atoms with E-state index in [1.54, 1.807) is 0 Å². The van der Waals surface area contributed by atoms with Gasteiger partial charge in [-0.05, 0) is 30.5 Å². The van der Waals surface area contributed by atoms with Crippen molar-refractivity contribution in [3.05, 3.63) is 47.5 Å². The lowest BCUT2D eigenvalue weighted by Gasteiger charge is -2.37. The molecule has 1 amide bonds. The molecule has 2 atom stereocenters. The molecule has 2 aromatic carbocycles. The summed E-state index contributed by atoms with van der Waals surface area (Å²) in [5, 5.41) is 15.1. The minimum Gasteiger partial charge on any atom is -0.494 e. The zero-order chi connectivity index (χ0) is 32.2. The highest BCUT2D eigenvalue weighted by atomic mass is 32.2. The number of alkyl halides is 3. The van der Waals surface area contributed by atoms with E-state index in [0.717, 1.165) is 29.3 Å². The summed E-state index contributed by atoms with van der Waals surface area (Å²) < 4.78 is 84.0. The highest BCUT2D eigenvalue weighted by Gasteiger charge is 2.31. The molecule has 1 fully saturated rings. The SMILES string of the molecule is COc1cc(F)c(S(C)(=O)=O)cc1NCC#Cc1cc(C(=O)N[C@H]2CCN(CCO)C[C@@H]2C)c2ncn(CC(F)(F)F)c2c1. The Morgan fingerprint density at radius 2 is 2.00 bits per heavy atom. The van der Waals surface area contributed by atoms with Gasteiger partial charge < -0.3 is 29.9 Å². The molecule has 1 aliphatic rings. The number of imidazole rings is 1. The molecule has 1 aromatic heterocycles. The molecule has 0 saturated carbocycles. The molecule has 0 unspecified atom stereocenters. The van der Waals surface area contributed by atoms with Gasteiger partial charge >= 0.3 is 6.18 Å². The monoisotopic (exact) mass is 639 g/mol. The van der Waals surface area contributed by atoms with E-state index >= 15 is 0 Å². The number of hydrogen-bond acceptors (Lipinski definition) is 8. The summed E-state index contributed by atoms with van der Waals surface area (Å²) in [4.78, 5) is 19.1. The standard InChI is InChI=1S/C29H33F4N5O5S/c1-18-15-37(9-10-39)8-6-22(18)36-28(40)20-11-19(12-24-27(20)35-17-38(24)16-29(31,32)33)5-4-7-34-23-14-26(44(3,41)42)21(30)13-25(23)43-2/h11-14,17-18,22,34,39H,6-10,15-16H2,1-3H3,(H,36,40)/t18-,22-/m0/s1. The van der Waals surface area contributed by atoms with Gasteiger partial charge in [-0.2, -0.15) is 13.2 Å². The summed E-state index contributed by atoms with van der Waals surface area (Å²) in [6.07, 6.45) is -1.99. The van der Waals surface area contributed by atoms with Crippen LogP contribution in [0.5, 0.6) is 5.75 Å². The topological polar surface area (TPSA) is 126 Å². The molecule has 2 heterocycles. The molecule has 3 aromatic rings. The van der Waals surface area contributed by atoms with E-state index in [0.29, 0.717) is 26.1 Å². The molecule has 10 nitrogen and oxygen atoms in total. The molecule has 0 spiro atoms. The number of halogens is 4. The van der Waals surface area contributed by atoms with Crippen molar-refractivity contribution >= 4 is 32.5 Å². The number of hydrogen-bond donors (Lipinski definition) is 3. The number of β-amino-alcohol motifs (C(OH)–C–C–N with tert-alkyl or cyclic N) is 1. The van der Waals surface area contributed by atoms with Crippen molar-refractivity contribution in [2.45, 2.75) is 37.0 Å². The number of nitrogens with one attached hydrogen (secondary N) is 2. The van der Waals surface area contributed by atoms with Gasteiger partial charge in [0.05, 0.1) is 43.4 Å². The molecule has 44 heavy (non-hydrogen) atoms. The van der Waals surface area contributed by atoms with E-state index in [1.165, 1.54) is 19.2 Å². The summed E-state index contributed by atoms with van der Waals surface area (Å²) in [6, 6.07) is 4.70. The van der Waals surface area contributed by atoms with Crippen LogP contribution in [0, 0.1) is 23.6 Å². The summed E-state index contributed by atoms with van der Waals surface area (Å²) in [7, 11) is -2.58. The maximum absolute atomic E-state index is 14.2. The van der Waals surface area contributed by atoms with E-state index in [9.17, 15) is 35.9 Å². The predicted molar refractivity (Wildman–Crippen MR) is 156 cm³/mol. The van der Waals surface area contributed by atoms with Crippen molar-refractivity contribution in [1.82, 2.24) is 19.8 Å². The van der Waals surface area contributed by atoms with Crippen molar-refractivity contribution in [2.75, 3.05) is 51.5 Å². The Morgan fingerprint density at radius 3 is 2.64 bits per heavy atom. The number of ether oxygens (including phenoxy) is 1. The number of carbonyl (C=O) groups is 1. The van der Waals surface area contributed by atoms with Crippen LogP contribution in [0.15, 0.2) is 35.5 Å². The largest absolute Gasteiger partial charge is 0.494 e. The number of benzene rings is 2. The van der Waals surface area contributed by atoms with Crippen LogP contribution in [0.2, 0.25) is 0 Å². The van der Waals surface area contributed by atoms with Gasteiger partial charge in [-0.3, -0.25) is 4.79 Å². The number of fused-ring (bicyclic) bond motifs is 1. The molecule has 15 heteroatoms. The van der Waals surface area contributed by atoms with Crippen LogP contribution in [-0.2, 0) is 16.4 Å². The Labute approximate surface area is 252 Å². The second-order valence-corrected chi connectivity index (χ2v) is 12.6. The summed E-state index contributed by atoms with van der Waals surface area (Å²) >= 11 is 0. The second kappa shape index (κ2) is 13.4. The number of aliphatic hydroxyl groups excluding tert-OH is 1. The Bertz CT molecular complexity index is 1700. The molecular weight excluding hydrogens is 606 g/mol. The fourth-order valence-corrected chi connectivity index (χ4v) is 5.92. The van der Waals surface area contributed by atoms with E-state index in [-0.39, 0.29) is 58.7 Å². The third-order valence-electron chi connectivity index (χ3n) is 7.30. The first-order valence-electron chi connectivity index (χ1n) is 13.7. The Kier molecular flexibility index (Phi) is 10.1. The van der Waals surface area contributed by atoms with Crippen molar-refractivity contribution in [1.29, 1.82) is 0 Å². The van der Waals surface area contributed by atoms with Gasteiger partial charge in [0.15, 0.2) is 9.84 Å². The van der Waals surface area contributed by atoms with Crippen molar-refractivity contribution in [3.63, 3.8) is 0 Å². The van der Waals surface area contributed by atoms with Crippen LogP contribution in [0.3, 0.4) is 0 Å². The molecule has 3 N–H and O–H groups in total. The lowest BCUT2D eigenvalue weighted by Crippen LogP contribution is -2.50. The highest BCUT2D eigenvalue weighted by Crippen LogP contribution is 2.30. The number of amides is 1. The number of anilines is 1. The Balaban J connectivity index is 1.62. The maximum Gasteiger partial charge on any atom is 0.406 e. The summed E-state index contributed by atoms with van der Waals surface area (Å²) in [5.74, 6) is 4.28. The van der Waals surface area contributed by atoms with Crippen LogP contribution >= 0.6 is 0 Å². The third-order valence-corrected chi connectivity index (χ3v) is 8.41. The molecular formula is C29H33F4N5O5S. The molecule has 1 aliphatic heterocycles. The van der Waals surface area contributed by atoms with E-state index < -0.39 is 39.2 Å². The van der Waals surface area contributed by atoms with E-state index in [2.05, 4.69) is 32.4 Å². The number of sulfone groups is 1. The van der Waals surface area contributed by atoms with Crippen LogP contribution in [0.25, 0.3) is 11.0 Å².